The number of H-pyrrole nitrogens is 1. The Bertz CT molecular complexity index is 685. The molecule has 0 unspecified atom stereocenters. The zero-order chi connectivity index (χ0) is 14.8. The second-order valence-corrected chi connectivity index (χ2v) is 6.37. The number of aromatic nitrogens is 2. The second kappa shape index (κ2) is 5.70. The van der Waals surface area contributed by atoms with E-state index in [0.717, 1.165) is 11.6 Å². The lowest BCUT2D eigenvalue weighted by Gasteiger charge is -2.17. The smallest absolute Gasteiger partial charge is 0.243 e. The molecule has 0 radical (unpaired) electrons. The van der Waals surface area contributed by atoms with Crippen LogP contribution < -0.4 is 5.73 Å². The molecule has 6 nitrogen and oxygen atoms in total. The number of nitrogens with two attached hydrogens (primary N) is 1. The fraction of sp³-hybridized carbons (Fsp3) is 0.250. The molecule has 2 rings (SSSR count). The average Bonchev–Trinajstić information content (AvgIpc) is 2.91. The summed E-state index contributed by atoms with van der Waals surface area (Å²) in [6.45, 7) is 0.120. The number of rotatable bonds is 5. The van der Waals surface area contributed by atoms with Gasteiger partial charge in [-0.25, -0.2) is 12.8 Å². The van der Waals surface area contributed by atoms with Gasteiger partial charge in [0.25, 0.3) is 0 Å². The number of benzene rings is 1. The minimum absolute atomic E-state index is 0.0188. The molecule has 20 heavy (non-hydrogen) atoms. The molecule has 2 aromatic rings. The van der Waals surface area contributed by atoms with Crippen LogP contribution >= 0.6 is 0 Å². The summed E-state index contributed by atoms with van der Waals surface area (Å²) >= 11 is 0. The molecule has 0 bridgehead atoms. The van der Waals surface area contributed by atoms with Gasteiger partial charge in [-0.3, -0.25) is 5.10 Å². The predicted molar refractivity (Wildman–Crippen MR) is 71.5 cm³/mol. The van der Waals surface area contributed by atoms with Crippen molar-refractivity contribution in [3.05, 3.63) is 47.5 Å². The van der Waals surface area contributed by atoms with Crippen molar-refractivity contribution in [3.63, 3.8) is 0 Å². The molecule has 0 aliphatic rings. The van der Waals surface area contributed by atoms with E-state index in [-0.39, 0.29) is 23.5 Å². The standard InChI is InChI=1S/C12H15FN4O2S/c1-17(8-9-6-15-16-7-9)20(18,19)11-2-3-12(13)10(4-11)5-14/h2-4,6-7H,5,8,14H2,1H3,(H,15,16). The fourth-order valence-electron chi connectivity index (χ4n) is 1.75. The molecular formula is C12H15FN4O2S. The molecule has 0 aliphatic heterocycles. The Hall–Kier alpha value is -1.77. The third kappa shape index (κ3) is 2.87. The SMILES string of the molecule is CN(Cc1cn[nH]c1)S(=O)(=O)c1ccc(F)c(CN)c1. The molecule has 1 heterocycles. The van der Waals surface area contributed by atoms with Gasteiger partial charge in [0, 0.05) is 37.5 Å². The molecule has 0 amide bonds. The van der Waals surface area contributed by atoms with Crippen molar-refractivity contribution in [2.45, 2.75) is 18.0 Å². The summed E-state index contributed by atoms with van der Waals surface area (Å²) in [5, 5.41) is 6.37. The Morgan fingerprint density at radius 3 is 2.80 bits per heavy atom. The number of sulfonamides is 1. The molecule has 8 heteroatoms. The summed E-state index contributed by atoms with van der Waals surface area (Å²) in [5.74, 6) is -0.510. The van der Waals surface area contributed by atoms with Crippen LogP contribution in [0.1, 0.15) is 11.1 Å². The van der Waals surface area contributed by atoms with Gasteiger partial charge in [-0.05, 0) is 18.2 Å². The van der Waals surface area contributed by atoms with Crippen LogP contribution in [0.2, 0.25) is 0 Å². The topological polar surface area (TPSA) is 92.1 Å². The van der Waals surface area contributed by atoms with Gasteiger partial charge >= 0.3 is 0 Å². The lowest BCUT2D eigenvalue weighted by atomic mass is 10.2. The first-order valence-electron chi connectivity index (χ1n) is 5.87. The van der Waals surface area contributed by atoms with E-state index >= 15 is 0 Å². The molecule has 0 saturated heterocycles. The molecule has 0 atom stereocenters. The normalized spacial score (nSPS) is 12.0. The van der Waals surface area contributed by atoms with E-state index in [4.69, 9.17) is 5.73 Å². The minimum atomic E-state index is -3.69. The van der Waals surface area contributed by atoms with E-state index in [0.29, 0.717) is 0 Å². The summed E-state index contributed by atoms with van der Waals surface area (Å²) < 4.78 is 39.3. The number of nitrogens with zero attached hydrogens (tertiary/aromatic N) is 2. The highest BCUT2D eigenvalue weighted by molar-refractivity contribution is 7.89. The van der Waals surface area contributed by atoms with Crippen molar-refractivity contribution in [2.24, 2.45) is 5.73 Å². The molecule has 0 saturated carbocycles. The number of aromatic amines is 1. The van der Waals surface area contributed by atoms with E-state index in [1.54, 1.807) is 12.4 Å². The third-order valence-corrected chi connectivity index (χ3v) is 4.70. The molecule has 0 spiro atoms. The van der Waals surface area contributed by atoms with Gasteiger partial charge < -0.3 is 5.73 Å². The van der Waals surface area contributed by atoms with E-state index in [9.17, 15) is 12.8 Å². The van der Waals surface area contributed by atoms with Crippen LogP contribution in [0.3, 0.4) is 0 Å². The van der Waals surface area contributed by atoms with E-state index < -0.39 is 15.8 Å². The van der Waals surface area contributed by atoms with Crippen molar-refractivity contribution in [3.8, 4) is 0 Å². The third-order valence-electron chi connectivity index (χ3n) is 2.91. The molecule has 3 N–H and O–H groups in total. The molecule has 108 valence electrons. The van der Waals surface area contributed by atoms with E-state index in [1.807, 2.05) is 0 Å². The van der Waals surface area contributed by atoms with Crippen molar-refractivity contribution >= 4 is 10.0 Å². The van der Waals surface area contributed by atoms with Crippen LogP contribution in [0.25, 0.3) is 0 Å². The van der Waals surface area contributed by atoms with Gasteiger partial charge in [0.05, 0.1) is 11.1 Å². The molecule has 1 aromatic carbocycles. The maximum Gasteiger partial charge on any atom is 0.243 e. The van der Waals surface area contributed by atoms with Gasteiger partial charge in [0.15, 0.2) is 0 Å². The molecule has 0 aliphatic carbocycles. The minimum Gasteiger partial charge on any atom is -0.326 e. The summed E-state index contributed by atoms with van der Waals surface area (Å²) in [6, 6.07) is 3.60. The van der Waals surface area contributed by atoms with E-state index in [2.05, 4.69) is 10.2 Å². The van der Waals surface area contributed by atoms with Crippen molar-refractivity contribution in [2.75, 3.05) is 7.05 Å². The van der Waals surface area contributed by atoms with Crippen LogP contribution in [0.15, 0.2) is 35.5 Å². The summed E-state index contributed by atoms with van der Waals surface area (Å²) in [5.41, 5.74) is 6.29. The molecule has 1 aromatic heterocycles. The second-order valence-electron chi connectivity index (χ2n) is 4.32. The van der Waals surface area contributed by atoms with Crippen LogP contribution in [0.5, 0.6) is 0 Å². The molecule has 0 fully saturated rings. The first kappa shape index (κ1) is 14.6. The zero-order valence-corrected chi connectivity index (χ0v) is 11.7. The van der Waals surface area contributed by atoms with Crippen molar-refractivity contribution < 1.29 is 12.8 Å². The Labute approximate surface area is 116 Å². The Morgan fingerprint density at radius 2 is 2.20 bits per heavy atom. The van der Waals surface area contributed by atoms with Gasteiger partial charge in [0.2, 0.25) is 10.0 Å². The monoisotopic (exact) mass is 298 g/mol. The van der Waals surface area contributed by atoms with Crippen LogP contribution in [-0.2, 0) is 23.1 Å². The largest absolute Gasteiger partial charge is 0.326 e. The lowest BCUT2D eigenvalue weighted by Crippen LogP contribution is -2.26. The van der Waals surface area contributed by atoms with Crippen LogP contribution in [0.4, 0.5) is 4.39 Å². The average molecular weight is 298 g/mol. The number of hydrogen-bond donors (Lipinski definition) is 2. The number of halogens is 1. The van der Waals surface area contributed by atoms with Gasteiger partial charge in [-0.2, -0.15) is 9.40 Å². The van der Waals surface area contributed by atoms with Crippen molar-refractivity contribution in [1.29, 1.82) is 0 Å². The highest BCUT2D eigenvalue weighted by Gasteiger charge is 2.22. The lowest BCUT2D eigenvalue weighted by molar-refractivity contribution is 0.466. The zero-order valence-electron chi connectivity index (χ0n) is 10.9. The van der Waals surface area contributed by atoms with Gasteiger partial charge in [0.1, 0.15) is 5.82 Å². The maximum atomic E-state index is 13.4. The predicted octanol–water partition coefficient (Wildman–Crippen LogP) is 0.828. The van der Waals surface area contributed by atoms with Crippen LogP contribution in [-0.4, -0.2) is 30.0 Å². The van der Waals surface area contributed by atoms with Gasteiger partial charge in [-0.15, -0.1) is 0 Å². The molecular weight excluding hydrogens is 283 g/mol. The maximum absolute atomic E-state index is 13.4. The Morgan fingerprint density at radius 1 is 1.45 bits per heavy atom. The summed E-state index contributed by atoms with van der Waals surface area (Å²) in [7, 11) is -2.24. The highest BCUT2D eigenvalue weighted by Crippen LogP contribution is 2.19. The van der Waals surface area contributed by atoms with Crippen molar-refractivity contribution in [1.82, 2.24) is 14.5 Å². The Kier molecular flexibility index (Phi) is 4.17. The fourth-order valence-corrected chi connectivity index (χ4v) is 2.96. The Balaban J connectivity index is 2.29. The van der Waals surface area contributed by atoms with E-state index in [1.165, 1.54) is 23.5 Å². The summed E-state index contributed by atoms with van der Waals surface area (Å²) in [4.78, 5) is 0.0188. The summed E-state index contributed by atoms with van der Waals surface area (Å²) in [6.07, 6.45) is 3.16. The van der Waals surface area contributed by atoms with Gasteiger partial charge in [-0.1, -0.05) is 0 Å². The quantitative estimate of drug-likeness (QED) is 0.855. The number of nitrogens with one attached hydrogen (secondary N) is 1. The van der Waals surface area contributed by atoms with Crippen LogP contribution in [0, 0.1) is 5.82 Å². The first-order valence-corrected chi connectivity index (χ1v) is 7.31. The highest BCUT2D eigenvalue weighted by atomic mass is 32.2. The number of hydrogen-bond acceptors (Lipinski definition) is 4. The first-order chi connectivity index (χ1) is 9.45.